The molecule has 0 aromatic carbocycles. The molecule has 112 valence electrons. The maximum Gasteiger partial charge on any atom is 0.223 e. The molecule has 0 bridgehead atoms. The molecule has 3 unspecified atom stereocenters. The Balaban J connectivity index is 2.63. The third kappa shape index (κ3) is 5.13. The first-order chi connectivity index (χ1) is 8.52. The van der Waals surface area contributed by atoms with Gasteiger partial charge >= 0.3 is 0 Å². The molecule has 1 fully saturated rings. The van der Waals surface area contributed by atoms with Crippen LogP contribution in [0.4, 0.5) is 0 Å². The van der Waals surface area contributed by atoms with E-state index in [2.05, 4.69) is 46.9 Å². The summed E-state index contributed by atoms with van der Waals surface area (Å²) in [5.41, 5.74) is 6.15. The Morgan fingerprint density at radius 1 is 1.21 bits per heavy atom. The van der Waals surface area contributed by atoms with Crippen LogP contribution in [0.1, 0.15) is 67.2 Å². The van der Waals surface area contributed by atoms with Crippen molar-refractivity contribution in [3.8, 4) is 0 Å². The summed E-state index contributed by atoms with van der Waals surface area (Å²) >= 11 is 0. The standard InChI is InChI=1S/C16H32N2O/c1-11-12(8-7-9-13(11)17)14(19)18-16(5,6)10-15(2,3)4/h11-13H,7-10,17H2,1-6H3,(H,18,19). The second kappa shape index (κ2) is 5.82. The molecule has 0 radical (unpaired) electrons. The van der Waals surface area contributed by atoms with Crippen LogP contribution in [0.3, 0.4) is 0 Å². The van der Waals surface area contributed by atoms with E-state index in [9.17, 15) is 4.79 Å². The lowest BCUT2D eigenvalue weighted by molar-refractivity contribution is -0.129. The first kappa shape index (κ1) is 16.5. The summed E-state index contributed by atoms with van der Waals surface area (Å²) in [4.78, 5) is 12.5. The van der Waals surface area contributed by atoms with Gasteiger partial charge in [-0.15, -0.1) is 0 Å². The van der Waals surface area contributed by atoms with Gasteiger partial charge in [0.1, 0.15) is 0 Å². The van der Waals surface area contributed by atoms with Crippen LogP contribution in [0.15, 0.2) is 0 Å². The van der Waals surface area contributed by atoms with Gasteiger partial charge in [0.2, 0.25) is 5.91 Å². The maximum atomic E-state index is 12.5. The summed E-state index contributed by atoms with van der Waals surface area (Å²) in [6.07, 6.45) is 4.07. The largest absolute Gasteiger partial charge is 0.351 e. The summed E-state index contributed by atoms with van der Waals surface area (Å²) < 4.78 is 0. The van der Waals surface area contributed by atoms with Crippen molar-refractivity contribution in [3.05, 3.63) is 0 Å². The Kier molecular flexibility index (Phi) is 5.05. The van der Waals surface area contributed by atoms with Gasteiger partial charge < -0.3 is 11.1 Å². The molecule has 0 aliphatic heterocycles. The molecule has 0 aromatic heterocycles. The fraction of sp³-hybridized carbons (Fsp3) is 0.938. The average Bonchev–Trinajstić information content (AvgIpc) is 2.17. The van der Waals surface area contributed by atoms with Gasteiger partial charge in [-0.2, -0.15) is 0 Å². The van der Waals surface area contributed by atoms with E-state index >= 15 is 0 Å². The zero-order valence-electron chi connectivity index (χ0n) is 13.5. The zero-order chi connectivity index (χ0) is 14.8. The monoisotopic (exact) mass is 268 g/mol. The molecule has 1 saturated carbocycles. The third-order valence-corrected chi connectivity index (χ3v) is 4.13. The quantitative estimate of drug-likeness (QED) is 0.826. The number of nitrogens with two attached hydrogens (primary N) is 1. The highest BCUT2D eigenvalue weighted by atomic mass is 16.2. The summed E-state index contributed by atoms with van der Waals surface area (Å²) in [5.74, 6) is 0.569. The Hall–Kier alpha value is -0.570. The summed E-state index contributed by atoms with van der Waals surface area (Å²) in [5, 5.41) is 3.24. The molecule has 0 spiro atoms. The minimum Gasteiger partial charge on any atom is -0.351 e. The molecule has 19 heavy (non-hydrogen) atoms. The van der Waals surface area contributed by atoms with Crippen LogP contribution >= 0.6 is 0 Å². The smallest absolute Gasteiger partial charge is 0.223 e. The minimum absolute atomic E-state index is 0.0861. The number of amides is 1. The van der Waals surface area contributed by atoms with Gasteiger partial charge in [-0.05, 0) is 44.4 Å². The second-order valence-corrected chi connectivity index (χ2v) is 8.17. The summed E-state index contributed by atoms with van der Waals surface area (Å²) in [6, 6.07) is 0.176. The van der Waals surface area contributed by atoms with E-state index in [-0.39, 0.29) is 28.8 Å². The van der Waals surface area contributed by atoms with Gasteiger partial charge in [0.15, 0.2) is 0 Å². The van der Waals surface area contributed by atoms with Crippen molar-refractivity contribution in [2.45, 2.75) is 78.8 Å². The SMILES string of the molecule is CC1C(N)CCCC1C(=O)NC(C)(C)CC(C)(C)C. The molecule has 1 rings (SSSR count). The molecule has 1 aliphatic rings. The van der Waals surface area contributed by atoms with E-state index in [1.165, 1.54) is 0 Å². The topological polar surface area (TPSA) is 55.1 Å². The van der Waals surface area contributed by atoms with Gasteiger partial charge in [-0.3, -0.25) is 4.79 Å². The first-order valence-corrected chi connectivity index (χ1v) is 7.59. The molecular formula is C16H32N2O. The lowest BCUT2D eigenvalue weighted by Crippen LogP contribution is -2.51. The van der Waals surface area contributed by atoms with Crippen LogP contribution in [0.25, 0.3) is 0 Å². The van der Waals surface area contributed by atoms with Gasteiger partial charge in [0, 0.05) is 17.5 Å². The van der Waals surface area contributed by atoms with Crippen molar-refractivity contribution < 1.29 is 4.79 Å². The van der Waals surface area contributed by atoms with E-state index in [0.29, 0.717) is 5.92 Å². The van der Waals surface area contributed by atoms with Crippen molar-refractivity contribution in [1.82, 2.24) is 5.32 Å². The number of rotatable bonds is 3. The highest BCUT2D eigenvalue weighted by Crippen LogP contribution is 2.31. The molecular weight excluding hydrogens is 236 g/mol. The maximum absolute atomic E-state index is 12.5. The highest BCUT2D eigenvalue weighted by molar-refractivity contribution is 5.79. The van der Waals surface area contributed by atoms with Gasteiger partial charge in [-0.1, -0.05) is 34.1 Å². The second-order valence-electron chi connectivity index (χ2n) is 8.17. The normalized spacial score (nSPS) is 29.1. The molecule has 0 heterocycles. The molecule has 1 aliphatic carbocycles. The minimum atomic E-state index is -0.156. The fourth-order valence-electron chi connectivity index (χ4n) is 3.56. The number of nitrogens with one attached hydrogen (secondary N) is 1. The number of carbonyl (C=O) groups is 1. The number of hydrogen-bond acceptors (Lipinski definition) is 2. The number of hydrogen-bond donors (Lipinski definition) is 2. The Bertz CT molecular complexity index is 317. The molecule has 0 aromatic rings. The Morgan fingerprint density at radius 3 is 2.32 bits per heavy atom. The van der Waals surface area contributed by atoms with E-state index in [4.69, 9.17) is 5.73 Å². The molecule has 3 nitrogen and oxygen atoms in total. The van der Waals surface area contributed by atoms with Crippen LogP contribution in [-0.4, -0.2) is 17.5 Å². The molecule has 3 N–H and O–H groups in total. The summed E-state index contributed by atoms with van der Waals surface area (Å²) in [7, 11) is 0. The zero-order valence-corrected chi connectivity index (χ0v) is 13.5. The van der Waals surface area contributed by atoms with Crippen molar-refractivity contribution in [2.75, 3.05) is 0 Å². The van der Waals surface area contributed by atoms with Gasteiger partial charge in [0.25, 0.3) is 0 Å². The predicted molar refractivity (Wildman–Crippen MR) is 80.8 cm³/mol. The van der Waals surface area contributed by atoms with Crippen LogP contribution in [-0.2, 0) is 4.79 Å². The molecule has 1 amide bonds. The van der Waals surface area contributed by atoms with Crippen LogP contribution in [0.2, 0.25) is 0 Å². The van der Waals surface area contributed by atoms with Crippen LogP contribution in [0, 0.1) is 17.3 Å². The first-order valence-electron chi connectivity index (χ1n) is 7.59. The van der Waals surface area contributed by atoms with E-state index in [1.807, 2.05) is 0 Å². The third-order valence-electron chi connectivity index (χ3n) is 4.13. The lowest BCUT2D eigenvalue weighted by atomic mass is 9.76. The van der Waals surface area contributed by atoms with Crippen LogP contribution < -0.4 is 11.1 Å². The lowest BCUT2D eigenvalue weighted by Gasteiger charge is -2.38. The Labute approximate surface area is 118 Å². The van der Waals surface area contributed by atoms with Gasteiger partial charge in [0.05, 0.1) is 0 Å². The number of carbonyl (C=O) groups excluding carboxylic acids is 1. The van der Waals surface area contributed by atoms with Crippen LogP contribution in [0.5, 0.6) is 0 Å². The Morgan fingerprint density at radius 2 is 1.79 bits per heavy atom. The molecule has 0 saturated heterocycles. The van der Waals surface area contributed by atoms with E-state index < -0.39 is 0 Å². The summed E-state index contributed by atoms with van der Waals surface area (Å²) in [6.45, 7) is 13.0. The predicted octanol–water partition coefficient (Wildman–Crippen LogP) is 3.08. The highest BCUT2D eigenvalue weighted by Gasteiger charge is 2.35. The van der Waals surface area contributed by atoms with E-state index in [1.54, 1.807) is 0 Å². The molecule has 3 atom stereocenters. The fourth-order valence-corrected chi connectivity index (χ4v) is 3.56. The average molecular weight is 268 g/mol. The van der Waals surface area contributed by atoms with Gasteiger partial charge in [-0.25, -0.2) is 0 Å². The van der Waals surface area contributed by atoms with Crippen molar-refractivity contribution in [2.24, 2.45) is 23.0 Å². The van der Waals surface area contributed by atoms with Crippen molar-refractivity contribution in [1.29, 1.82) is 0 Å². The van der Waals surface area contributed by atoms with E-state index in [0.717, 1.165) is 25.7 Å². The van der Waals surface area contributed by atoms with Crippen molar-refractivity contribution >= 4 is 5.91 Å². The van der Waals surface area contributed by atoms with Crippen molar-refractivity contribution in [3.63, 3.8) is 0 Å². The molecule has 3 heteroatoms.